The van der Waals surface area contributed by atoms with Gasteiger partial charge < -0.3 is 20.9 Å². The van der Waals surface area contributed by atoms with E-state index in [1.54, 1.807) is 12.1 Å². The summed E-state index contributed by atoms with van der Waals surface area (Å²) >= 11 is 0. The van der Waals surface area contributed by atoms with Gasteiger partial charge in [0.1, 0.15) is 11.5 Å². The Hall–Kier alpha value is -2.69. The SMILES string of the molecule is CCCCCCCCCCCCCCCCCCNC(=O)c1ccc(OCC)cc1O.Nc1ccccc1. The van der Waals surface area contributed by atoms with Crippen molar-refractivity contribution in [1.29, 1.82) is 0 Å². The van der Waals surface area contributed by atoms with Crippen molar-refractivity contribution in [3.63, 3.8) is 0 Å². The monoisotopic (exact) mass is 526 g/mol. The second-order valence-electron chi connectivity index (χ2n) is 10.1. The van der Waals surface area contributed by atoms with E-state index in [4.69, 9.17) is 10.5 Å². The van der Waals surface area contributed by atoms with Crippen LogP contribution in [0, 0.1) is 0 Å². The number of rotatable bonds is 20. The Morgan fingerprint density at radius 1 is 0.737 bits per heavy atom. The Bertz CT molecular complexity index is 826. The molecule has 214 valence electrons. The van der Waals surface area contributed by atoms with E-state index in [-0.39, 0.29) is 11.7 Å². The number of unbranched alkanes of at least 4 members (excludes halogenated alkanes) is 15. The van der Waals surface area contributed by atoms with E-state index in [1.807, 2.05) is 37.3 Å². The van der Waals surface area contributed by atoms with Crippen molar-refractivity contribution in [3.05, 3.63) is 54.1 Å². The minimum Gasteiger partial charge on any atom is -0.507 e. The summed E-state index contributed by atoms with van der Waals surface area (Å²) < 4.78 is 5.33. The largest absolute Gasteiger partial charge is 0.507 e. The van der Waals surface area contributed by atoms with Gasteiger partial charge in [-0.25, -0.2) is 0 Å². The van der Waals surface area contributed by atoms with Crippen LogP contribution < -0.4 is 15.8 Å². The topological polar surface area (TPSA) is 84.6 Å². The minimum absolute atomic E-state index is 0.0320. The number of aromatic hydroxyl groups is 1. The van der Waals surface area contributed by atoms with Gasteiger partial charge in [-0.3, -0.25) is 4.79 Å². The number of benzene rings is 2. The number of nitrogens with two attached hydrogens (primary N) is 1. The number of phenolic OH excluding ortho intramolecular Hbond substituents is 1. The third-order valence-electron chi connectivity index (χ3n) is 6.64. The van der Waals surface area contributed by atoms with Crippen LogP contribution >= 0.6 is 0 Å². The predicted molar refractivity (Wildman–Crippen MR) is 162 cm³/mol. The Morgan fingerprint density at radius 3 is 1.66 bits per heavy atom. The molecule has 0 spiro atoms. The Balaban J connectivity index is 0.000000884. The fraction of sp³-hybridized carbons (Fsp3) is 0.606. The Kier molecular flexibility index (Phi) is 20.6. The quantitative estimate of drug-likeness (QED) is 0.119. The molecular weight excluding hydrogens is 472 g/mol. The van der Waals surface area contributed by atoms with Crippen LogP contribution in [0.1, 0.15) is 127 Å². The first-order chi connectivity index (χ1) is 18.6. The summed E-state index contributed by atoms with van der Waals surface area (Å²) in [5.41, 5.74) is 6.49. The van der Waals surface area contributed by atoms with E-state index in [0.29, 0.717) is 24.5 Å². The van der Waals surface area contributed by atoms with Crippen LogP contribution in [0.3, 0.4) is 0 Å². The first-order valence-corrected chi connectivity index (χ1v) is 15.1. The third kappa shape index (κ3) is 17.7. The van der Waals surface area contributed by atoms with Crippen LogP contribution in [0.5, 0.6) is 11.5 Å². The third-order valence-corrected chi connectivity index (χ3v) is 6.64. The molecule has 0 atom stereocenters. The first-order valence-electron chi connectivity index (χ1n) is 15.1. The highest BCUT2D eigenvalue weighted by atomic mass is 16.5. The lowest BCUT2D eigenvalue weighted by atomic mass is 10.0. The van der Waals surface area contributed by atoms with Crippen molar-refractivity contribution < 1.29 is 14.6 Å². The highest BCUT2D eigenvalue weighted by Crippen LogP contribution is 2.23. The molecular formula is C33H54N2O3. The second-order valence-corrected chi connectivity index (χ2v) is 10.1. The number of amides is 1. The van der Waals surface area contributed by atoms with Gasteiger partial charge in [-0.15, -0.1) is 0 Å². The second kappa shape index (κ2) is 23.4. The van der Waals surface area contributed by atoms with Crippen molar-refractivity contribution in [3.8, 4) is 11.5 Å². The molecule has 0 aliphatic heterocycles. The molecule has 5 nitrogen and oxygen atoms in total. The van der Waals surface area contributed by atoms with E-state index in [1.165, 1.54) is 96.0 Å². The predicted octanol–water partition coefficient (Wildman–Crippen LogP) is 9.05. The van der Waals surface area contributed by atoms with Crippen molar-refractivity contribution in [1.82, 2.24) is 5.32 Å². The van der Waals surface area contributed by atoms with Crippen LogP contribution in [0.25, 0.3) is 0 Å². The molecule has 0 unspecified atom stereocenters. The molecule has 1 amide bonds. The summed E-state index contributed by atoms with van der Waals surface area (Å²) in [6, 6.07) is 14.3. The maximum atomic E-state index is 12.2. The lowest BCUT2D eigenvalue weighted by Gasteiger charge is -2.09. The van der Waals surface area contributed by atoms with Gasteiger partial charge in [-0.2, -0.15) is 0 Å². The normalized spacial score (nSPS) is 10.5. The number of ether oxygens (including phenoxy) is 1. The van der Waals surface area contributed by atoms with Crippen molar-refractivity contribution in [2.45, 2.75) is 117 Å². The molecule has 5 heteroatoms. The molecule has 0 radical (unpaired) electrons. The average molecular weight is 527 g/mol. The highest BCUT2D eigenvalue weighted by molar-refractivity contribution is 5.96. The summed E-state index contributed by atoms with van der Waals surface area (Å²) in [6.07, 6.45) is 21.5. The molecule has 2 rings (SSSR count). The van der Waals surface area contributed by atoms with Crippen molar-refractivity contribution >= 4 is 11.6 Å². The number of hydrogen-bond donors (Lipinski definition) is 3. The lowest BCUT2D eigenvalue weighted by Crippen LogP contribution is -2.24. The fourth-order valence-corrected chi connectivity index (χ4v) is 4.38. The van der Waals surface area contributed by atoms with E-state index in [0.717, 1.165) is 18.5 Å². The van der Waals surface area contributed by atoms with Gasteiger partial charge in [0.25, 0.3) is 5.91 Å². The molecule has 0 aromatic heterocycles. The number of carbonyl (C=O) groups is 1. The van der Waals surface area contributed by atoms with Crippen molar-refractivity contribution in [2.75, 3.05) is 18.9 Å². The first kappa shape index (κ1) is 33.3. The van der Waals surface area contributed by atoms with Gasteiger partial charge in [0, 0.05) is 18.3 Å². The zero-order valence-electron chi connectivity index (χ0n) is 24.2. The fourth-order valence-electron chi connectivity index (χ4n) is 4.38. The van der Waals surface area contributed by atoms with Gasteiger partial charge in [0.15, 0.2) is 0 Å². The lowest BCUT2D eigenvalue weighted by molar-refractivity contribution is 0.0950. The molecule has 4 N–H and O–H groups in total. The molecule has 0 heterocycles. The molecule has 0 saturated carbocycles. The van der Waals surface area contributed by atoms with Crippen LogP contribution in [0.15, 0.2) is 48.5 Å². The van der Waals surface area contributed by atoms with Gasteiger partial charge in [-0.1, -0.05) is 121 Å². The number of para-hydroxylation sites is 1. The number of carbonyl (C=O) groups excluding carboxylic acids is 1. The van der Waals surface area contributed by atoms with Crippen molar-refractivity contribution in [2.24, 2.45) is 0 Å². The molecule has 2 aromatic carbocycles. The molecule has 2 aromatic rings. The Labute approximate surface area is 232 Å². The molecule has 0 bridgehead atoms. The molecule has 0 aliphatic rings. The summed E-state index contributed by atoms with van der Waals surface area (Å²) in [5.74, 6) is 0.325. The van der Waals surface area contributed by atoms with Gasteiger partial charge >= 0.3 is 0 Å². The van der Waals surface area contributed by atoms with Gasteiger partial charge in [-0.05, 0) is 37.6 Å². The molecule has 0 saturated heterocycles. The summed E-state index contributed by atoms with van der Waals surface area (Å²) in [4.78, 5) is 12.2. The number of nitrogen functional groups attached to an aromatic ring is 1. The number of phenols is 1. The van der Waals surface area contributed by atoms with Crippen LogP contribution in [-0.4, -0.2) is 24.2 Å². The summed E-state index contributed by atoms with van der Waals surface area (Å²) in [7, 11) is 0. The van der Waals surface area contributed by atoms with Crippen LogP contribution in [0.4, 0.5) is 5.69 Å². The summed E-state index contributed by atoms with van der Waals surface area (Å²) in [5, 5.41) is 12.9. The number of anilines is 1. The number of hydrogen-bond acceptors (Lipinski definition) is 4. The zero-order valence-corrected chi connectivity index (χ0v) is 24.2. The smallest absolute Gasteiger partial charge is 0.255 e. The molecule has 0 fully saturated rings. The maximum Gasteiger partial charge on any atom is 0.255 e. The average Bonchev–Trinajstić information content (AvgIpc) is 2.91. The van der Waals surface area contributed by atoms with E-state index < -0.39 is 0 Å². The zero-order chi connectivity index (χ0) is 27.7. The van der Waals surface area contributed by atoms with Crippen LogP contribution in [0.2, 0.25) is 0 Å². The summed E-state index contributed by atoms with van der Waals surface area (Å²) in [6.45, 7) is 5.35. The maximum absolute atomic E-state index is 12.2. The number of nitrogens with one attached hydrogen (secondary N) is 1. The minimum atomic E-state index is -0.221. The van der Waals surface area contributed by atoms with Gasteiger partial charge in [0.2, 0.25) is 0 Å². The highest BCUT2D eigenvalue weighted by Gasteiger charge is 2.11. The van der Waals surface area contributed by atoms with Gasteiger partial charge in [0.05, 0.1) is 12.2 Å². The molecule has 38 heavy (non-hydrogen) atoms. The van der Waals surface area contributed by atoms with E-state index in [9.17, 15) is 9.90 Å². The van der Waals surface area contributed by atoms with E-state index in [2.05, 4.69) is 12.2 Å². The van der Waals surface area contributed by atoms with Crippen LogP contribution in [-0.2, 0) is 0 Å². The Morgan fingerprint density at radius 2 is 1.24 bits per heavy atom. The molecule has 0 aliphatic carbocycles. The standard InChI is InChI=1S/C27H47NO3.C6H7N/c1-3-5-6-7-8-9-10-11-12-13-14-15-16-17-18-19-22-28-27(30)25-21-20-24(31-4-2)23-26(25)29;7-6-4-2-1-3-5-6/h20-21,23,29H,3-19,22H2,1-2H3,(H,28,30);1-5H,7H2. The van der Waals surface area contributed by atoms with E-state index >= 15 is 0 Å².